The van der Waals surface area contributed by atoms with Crippen molar-refractivity contribution in [2.45, 2.75) is 57.2 Å². The van der Waals surface area contributed by atoms with Gasteiger partial charge in [-0.25, -0.2) is 4.39 Å². The zero-order valence-corrected chi connectivity index (χ0v) is 20.3. The Balaban J connectivity index is 1.45. The summed E-state index contributed by atoms with van der Waals surface area (Å²) in [6.45, 7) is 2.28. The Morgan fingerprint density at radius 2 is 1.72 bits per heavy atom. The average Bonchev–Trinajstić information content (AvgIpc) is 2.87. The van der Waals surface area contributed by atoms with Crippen molar-refractivity contribution >= 4 is 5.91 Å². The van der Waals surface area contributed by atoms with Crippen molar-refractivity contribution in [3.63, 3.8) is 0 Å². The smallest absolute Gasteiger partial charge is 0.216 e. The topological polar surface area (TPSA) is 88.0 Å². The molecule has 1 saturated carbocycles. The summed E-state index contributed by atoms with van der Waals surface area (Å²) in [6.07, 6.45) is -1.67. The molecule has 190 valence electrons. The molecule has 3 N–H and O–H groups in total. The van der Waals surface area contributed by atoms with Crippen molar-refractivity contribution in [3.8, 4) is 16.9 Å². The quantitative estimate of drug-likeness (QED) is 0.419. The maximum absolute atomic E-state index is 14.0. The molecule has 1 fully saturated rings. The van der Waals surface area contributed by atoms with Gasteiger partial charge in [-0.05, 0) is 65.8 Å². The van der Waals surface area contributed by atoms with Crippen molar-refractivity contribution in [3.05, 3.63) is 89.7 Å². The summed E-state index contributed by atoms with van der Waals surface area (Å²) in [7, 11) is 0. The molecule has 0 aliphatic heterocycles. The van der Waals surface area contributed by atoms with Crippen LogP contribution in [0, 0.1) is 5.82 Å². The van der Waals surface area contributed by atoms with Crippen molar-refractivity contribution < 1.29 is 28.9 Å². The summed E-state index contributed by atoms with van der Waals surface area (Å²) in [6, 6.07) is 21.5. The zero-order chi connectivity index (χ0) is 25.5. The molecule has 0 saturated heterocycles. The van der Waals surface area contributed by atoms with E-state index in [0.717, 1.165) is 16.7 Å². The molecule has 3 aromatic rings. The summed E-state index contributed by atoms with van der Waals surface area (Å²) in [5.41, 5.74) is 3.41. The first-order valence-corrected chi connectivity index (χ1v) is 12.2. The second-order valence-corrected chi connectivity index (χ2v) is 9.11. The Morgan fingerprint density at radius 3 is 2.47 bits per heavy atom. The molecule has 1 aliphatic rings. The lowest BCUT2D eigenvalue weighted by molar-refractivity contribution is -0.150. The number of rotatable bonds is 9. The molecule has 0 radical (unpaired) electrons. The van der Waals surface area contributed by atoms with Crippen LogP contribution in [0.4, 0.5) is 4.39 Å². The van der Waals surface area contributed by atoms with E-state index < -0.39 is 24.4 Å². The Hall–Kier alpha value is -3.26. The standard InChI is InChI=1S/C29H32FNO5/c1-19(32)31-15-14-21-10-11-24(17-25(21)22-8-5-9-23(30)16-22)36-27-13-12-26(28(33)29(27)34)35-18-20-6-3-2-4-7-20/h2-11,16-17,26-29,33-34H,12-15,18H2,1H3,(H,31,32). The number of ether oxygens (including phenoxy) is 2. The van der Waals surface area contributed by atoms with Crippen LogP contribution < -0.4 is 10.1 Å². The number of carbonyl (C=O) groups is 1. The van der Waals surface area contributed by atoms with Crippen molar-refractivity contribution in [2.24, 2.45) is 0 Å². The monoisotopic (exact) mass is 493 g/mol. The van der Waals surface area contributed by atoms with E-state index in [1.807, 2.05) is 48.5 Å². The number of halogens is 1. The first kappa shape index (κ1) is 25.8. The van der Waals surface area contributed by atoms with Crippen LogP contribution in [-0.2, 0) is 22.6 Å². The summed E-state index contributed by atoms with van der Waals surface area (Å²) in [5, 5.41) is 24.2. The molecular formula is C29H32FNO5. The first-order valence-electron chi connectivity index (χ1n) is 12.2. The fourth-order valence-electron chi connectivity index (χ4n) is 4.52. The van der Waals surface area contributed by atoms with E-state index >= 15 is 0 Å². The number of carbonyl (C=O) groups excluding carboxylic acids is 1. The second-order valence-electron chi connectivity index (χ2n) is 9.11. The maximum Gasteiger partial charge on any atom is 0.216 e. The lowest BCUT2D eigenvalue weighted by Gasteiger charge is -2.37. The highest BCUT2D eigenvalue weighted by atomic mass is 19.1. The van der Waals surface area contributed by atoms with E-state index in [9.17, 15) is 19.4 Å². The van der Waals surface area contributed by atoms with Crippen LogP contribution in [0.25, 0.3) is 11.1 Å². The number of nitrogens with one attached hydrogen (secondary N) is 1. The van der Waals surface area contributed by atoms with Gasteiger partial charge < -0.3 is 25.0 Å². The number of hydrogen-bond acceptors (Lipinski definition) is 5. The summed E-state index contributed by atoms with van der Waals surface area (Å²) in [5.74, 6) is 0.0506. The Morgan fingerprint density at radius 1 is 0.972 bits per heavy atom. The van der Waals surface area contributed by atoms with Gasteiger partial charge in [0, 0.05) is 13.5 Å². The first-order chi connectivity index (χ1) is 17.4. The third-order valence-electron chi connectivity index (χ3n) is 6.43. The number of aliphatic hydroxyl groups excluding tert-OH is 2. The molecule has 7 heteroatoms. The fourth-order valence-corrected chi connectivity index (χ4v) is 4.52. The Bertz CT molecular complexity index is 1160. The molecule has 0 spiro atoms. The number of amides is 1. The maximum atomic E-state index is 14.0. The van der Waals surface area contributed by atoms with Crippen LogP contribution >= 0.6 is 0 Å². The van der Waals surface area contributed by atoms with E-state index in [1.54, 1.807) is 12.1 Å². The minimum absolute atomic E-state index is 0.113. The molecule has 0 aromatic heterocycles. The minimum atomic E-state index is -1.11. The van der Waals surface area contributed by atoms with Crippen LogP contribution in [0.15, 0.2) is 72.8 Å². The van der Waals surface area contributed by atoms with Gasteiger partial charge in [0.2, 0.25) is 5.91 Å². The van der Waals surface area contributed by atoms with E-state index in [4.69, 9.17) is 9.47 Å². The highest BCUT2D eigenvalue weighted by Gasteiger charge is 2.39. The van der Waals surface area contributed by atoms with Crippen LogP contribution in [0.1, 0.15) is 30.9 Å². The molecule has 3 aromatic carbocycles. The van der Waals surface area contributed by atoms with Gasteiger partial charge in [-0.3, -0.25) is 4.79 Å². The second kappa shape index (κ2) is 12.1. The van der Waals surface area contributed by atoms with Gasteiger partial charge in [0.05, 0.1) is 12.7 Å². The SMILES string of the molecule is CC(=O)NCCc1ccc(OC2CCC(OCc3ccccc3)C(O)C2O)cc1-c1cccc(F)c1. The molecule has 0 bridgehead atoms. The summed E-state index contributed by atoms with van der Waals surface area (Å²) in [4.78, 5) is 11.3. The van der Waals surface area contributed by atoms with Gasteiger partial charge in [-0.1, -0.05) is 48.5 Å². The van der Waals surface area contributed by atoms with Crippen LogP contribution in [-0.4, -0.2) is 47.1 Å². The number of hydrogen-bond donors (Lipinski definition) is 3. The highest BCUT2D eigenvalue weighted by Crippen LogP contribution is 2.32. The molecule has 4 unspecified atom stereocenters. The van der Waals surface area contributed by atoms with Crippen molar-refractivity contribution in [1.82, 2.24) is 5.32 Å². The minimum Gasteiger partial charge on any atom is -0.488 e. The van der Waals surface area contributed by atoms with Gasteiger partial charge in [-0.15, -0.1) is 0 Å². The van der Waals surface area contributed by atoms with Crippen molar-refractivity contribution in [1.29, 1.82) is 0 Å². The number of aliphatic hydroxyl groups is 2. The van der Waals surface area contributed by atoms with Gasteiger partial charge in [-0.2, -0.15) is 0 Å². The average molecular weight is 494 g/mol. The molecule has 6 nitrogen and oxygen atoms in total. The largest absolute Gasteiger partial charge is 0.488 e. The molecule has 0 heterocycles. The van der Waals surface area contributed by atoms with E-state index in [-0.39, 0.29) is 11.7 Å². The van der Waals surface area contributed by atoms with Crippen LogP contribution in [0.2, 0.25) is 0 Å². The fraction of sp³-hybridized carbons (Fsp3) is 0.345. The highest BCUT2D eigenvalue weighted by molar-refractivity contribution is 5.73. The lowest BCUT2D eigenvalue weighted by Crippen LogP contribution is -2.52. The zero-order valence-electron chi connectivity index (χ0n) is 20.3. The molecule has 1 amide bonds. The Labute approximate surface area is 210 Å². The van der Waals surface area contributed by atoms with Crippen LogP contribution in [0.5, 0.6) is 5.75 Å². The van der Waals surface area contributed by atoms with E-state index in [2.05, 4.69) is 5.32 Å². The third-order valence-corrected chi connectivity index (χ3v) is 6.43. The van der Waals surface area contributed by atoms with Crippen molar-refractivity contribution in [2.75, 3.05) is 6.54 Å². The van der Waals surface area contributed by atoms with Gasteiger partial charge in [0.1, 0.15) is 29.9 Å². The van der Waals surface area contributed by atoms with Gasteiger partial charge in [0.15, 0.2) is 0 Å². The normalized spacial score (nSPS) is 21.7. The van der Waals surface area contributed by atoms with E-state index in [1.165, 1.54) is 19.1 Å². The van der Waals surface area contributed by atoms with Gasteiger partial charge in [0.25, 0.3) is 0 Å². The summed E-state index contributed by atoms with van der Waals surface area (Å²) >= 11 is 0. The summed E-state index contributed by atoms with van der Waals surface area (Å²) < 4.78 is 25.9. The molecular weight excluding hydrogens is 461 g/mol. The molecule has 1 aliphatic carbocycles. The molecule has 36 heavy (non-hydrogen) atoms. The van der Waals surface area contributed by atoms with Gasteiger partial charge >= 0.3 is 0 Å². The number of benzene rings is 3. The lowest BCUT2D eigenvalue weighted by atomic mass is 9.89. The predicted molar refractivity (Wildman–Crippen MR) is 135 cm³/mol. The predicted octanol–water partition coefficient (Wildman–Crippen LogP) is 4.02. The molecule has 4 rings (SSSR count). The van der Waals surface area contributed by atoms with E-state index in [0.29, 0.717) is 43.7 Å². The molecule has 4 atom stereocenters. The third kappa shape index (κ3) is 6.69. The Kier molecular flexibility index (Phi) is 8.70. The van der Waals surface area contributed by atoms with Crippen LogP contribution in [0.3, 0.4) is 0 Å².